The number of hydrogen-bond acceptors (Lipinski definition) is 4. The molecule has 3 rings (SSSR count). The number of aromatic nitrogens is 2. The third-order valence-corrected chi connectivity index (χ3v) is 4.02. The molecular formula is C18H21N3O3. The van der Waals surface area contributed by atoms with Gasteiger partial charge >= 0.3 is 0 Å². The normalized spacial score (nSPS) is 13.2. The molecular weight excluding hydrogens is 306 g/mol. The van der Waals surface area contributed by atoms with Crippen molar-refractivity contribution in [3.63, 3.8) is 0 Å². The summed E-state index contributed by atoms with van der Waals surface area (Å²) in [5.74, 6) is 0.479. The number of nitrogens with one attached hydrogen (secondary N) is 1. The molecule has 0 spiro atoms. The number of benzene rings is 1. The predicted molar refractivity (Wildman–Crippen MR) is 91.4 cm³/mol. The molecule has 0 radical (unpaired) electrons. The Morgan fingerprint density at radius 1 is 1.25 bits per heavy atom. The van der Waals surface area contributed by atoms with E-state index in [1.54, 1.807) is 30.3 Å². The third-order valence-electron chi connectivity index (χ3n) is 4.02. The number of aryl methyl sites for hydroxylation is 2. The van der Waals surface area contributed by atoms with Crippen molar-refractivity contribution in [2.45, 2.75) is 39.2 Å². The lowest BCUT2D eigenvalue weighted by atomic mass is 9.97. The number of nitrogens with zero attached hydrogens (tertiary/aromatic N) is 2. The van der Waals surface area contributed by atoms with Gasteiger partial charge in [-0.1, -0.05) is 0 Å². The average Bonchev–Trinajstić information content (AvgIpc) is 2.57. The molecule has 0 aliphatic heterocycles. The van der Waals surface area contributed by atoms with E-state index in [2.05, 4.69) is 10.4 Å². The van der Waals surface area contributed by atoms with Gasteiger partial charge in [-0.3, -0.25) is 9.59 Å². The molecule has 2 aromatic rings. The molecule has 0 atom stereocenters. The molecule has 1 aromatic heterocycles. The largest absolute Gasteiger partial charge is 0.494 e. The van der Waals surface area contributed by atoms with Crippen LogP contribution in [-0.4, -0.2) is 22.3 Å². The van der Waals surface area contributed by atoms with E-state index in [0.717, 1.165) is 42.7 Å². The number of fused-ring (bicyclic) bond motifs is 1. The Kier molecular flexibility index (Phi) is 4.93. The van der Waals surface area contributed by atoms with Crippen LogP contribution in [-0.2, 0) is 24.2 Å². The Labute approximate surface area is 140 Å². The van der Waals surface area contributed by atoms with E-state index < -0.39 is 0 Å². The van der Waals surface area contributed by atoms with Crippen LogP contribution in [0.1, 0.15) is 31.0 Å². The molecule has 1 aliphatic carbocycles. The van der Waals surface area contributed by atoms with Crippen molar-refractivity contribution >= 4 is 11.6 Å². The molecule has 1 heterocycles. The van der Waals surface area contributed by atoms with E-state index in [9.17, 15) is 9.59 Å². The first-order valence-corrected chi connectivity index (χ1v) is 8.28. The summed E-state index contributed by atoms with van der Waals surface area (Å²) >= 11 is 0. The summed E-state index contributed by atoms with van der Waals surface area (Å²) in [5.41, 5.74) is 2.40. The number of ether oxygens (including phenoxy) is 1. The molecule has 1 aliphatic rings. The molecule has 1 amide bonds. The SMILES string of the molecule is CCOc1ccc(NC(=O)Cn2nc3c(cc2=O)CCCC3)cc1. The highest BCUT2D eigenvalue weighted by Crippen LogP contribution is 2.17. The summed E-state index contributed by atoms with van der Waals surface area (Å²) < 4.78 is 6.61. The lowest BCUT2D eigenvalue weighted by Crippen LogP contribution is -2.31. The molecule has 6 nitrogen and oxygen atoms in total. The van der Waals surface area contributed by atoms with Crippen molar-refractivity contribution < 1.29 is 9.53 Å². The molecule has 0 saturated carbocycles. The number of hydrogen-bond donors (Lipinski definition) is 1. The number of rotatable bonds is 5. The van der Waals surface area contributed by atoms with E-state index in [4.69, 9.17) is 4.74 Å². The van der Waals surface area contributed by atoms with Gasteiger partial charge in [-0.2, -0.15) is 5.10 Å². The zero-order valence-electron chi connectivity index (χ0n) is 13.7. The number of amides is 1. The summed E-state index contributed by atoms with van der Waals surface area (Å²) in [6.07, 6.45) is 3.94. The van der Waals surface area contributed by atoms with E-state index >= 15 is 0 Å². The molecule has 0 fully saturated rings. The summed E-state index contributed by atoms with van der Waals surface area (Å²) in [6.45, 7) is 2.43. The van der Waals surface area contributed by atoms with E-state index in [1.165, 1.54) is 4.68 Å². The van der Waals surface area contributed by atoms with Crippen molar-refractivity contribution in [3.8, 4) is 5.75 Å². The van der Waals surface area contributed by atoms with Crippen LogP contribution in [0.4, 0.5) is 5.69 Å². The predicted octanol–water partition coefficient (Wildman–Crippen LogP) is 2.16. The smallest absolute Gasteiger partial charge is 0.267 e. The third kappa shape index (κ3) is 3.82. The summed E-state index contributed by atoms with van der Waals surface area (Å²) in [7, 11) is 0. The van der Waals surface area contributed by atoms with Gasteiger partial charge < -0.3 is 10.1 Å². The molecule has 0 saturated heterocycles. The average molecular weight is 327 g/mol. The van der Waals surface area contributed by atoms with Gasteiger partial charge in [0.1, 0.15) is 12.3 Å². The van der Waals surface area contributed by atoms with Gasteiger partial charge in [-0.25, -0.2) is 4.68 Å². The fraction of sp³-hybridized carbons (Fsp3) is 0.389. The van der Waals surface area contributed by atoms with Gasteiger partial charge in [0, 0.05) is 11.8 Å². The Bertz CT molecular complexity index is 781. The van der Waals surface area contributed by atoms with Crippen LogP contribution < -0.4 is 15.6 Å². The molecule has 1 aromatic carbocycles. The fourth-order valence-corrected chi connectivity index (χ4v) is 2.85. The second kappa shape index (κ2) is 7.29. The van der Waals surface area contributed by atoms with Gasteiger partial charge in [0.25, 0.3) is 5.56 Å². The van der Waals surface area contributed by atoms with Crippen LogP contribution in [0.3, 0.4) is 0 Å². The maximum absolute atomic E-state index is 12.2. The van der Waals surface area contributed by atoms with Crippen LogP contribution in [0.15, 0.2) is 35.1 Å². The van der Waals surface area contributed by atoms with Gasteiger partial charge in [0.2, 0.25) is 5.91 Å². The van der Waals surface area contributed by atoms with Crippen LogP contribution in [0.5, 0.6) is 5.75 Å². The second-order valence-electron chi connectivity index (χ2n) is 5.82. The Hall–Kier alpha value is -2.63. The fourth-order valence-electron chi connectivity index (χ4n) is 2.85. The first-order chi connectivity index (χ1) is 11.7. The maximum Gasteiger partial charge on any atom is 0.267 e. The summed E-state index contributed by atoms with van der Waals surface area (Å²) in [5, 5.41) is 7.13. The highest BCUT2D eigenvalue weighted by Gasteiger charge is 2.14. The molecule has 126 valence electrons. The zero-order chi connectivity index (χ0) is 16.9. The highest BCUT2D eigenvalue weighted by atomic mass is 16.5. The van der Waals surface area contributed by atoms with Crippen LogP contribution in [0.25, 0.3) is 0 Å². The van der Waals surface area contributed by atoms with Crippen molar-refractivity contribution in [2.75, 3.05) is 11.9 Å². The lowest BCUT2D eigenvalue weighted by molar-refractivity contribution is -0.117. The number of carbonyl (C=O) groups is 1. The minimum atomic E-state index is -0.274. The molecule has 0 unspecified atom stereocenters. The van der Waals surface area contributed by atoms with Gasteiger partial charge in [-0.05, 0) is 62.4 Å². The van der Waals surface area contributed by atoms with Crippen LogP contribution in [0.2, 0.25) is 0 Å². The summed E-state index contributed by atoms with van der Waals surface area (Å²) in [6, 6.07) is 8.74. The van der Waals surface area contributed by atoms with E-state index in [0.29, 0.717) is 12.3 Å². The highest BCUT2D eigenvalue weighted by molar-refractivity contribution is 5.90. The van der Waals surface area contributed by atoms with Crippen LogP contribution >= 0.6 is 0 Å². The molecule has 6 heteroatoms. The topological polar surface area (TPSA) is 73.2 Å². The van der Waals surface area contributed by atoms with Gasteiger partial charge in [0.15, 0.2) is 0 Å². The number of carbonyl (C=O) groups excluding carboxylic acids is 1. The van der Waals surface area contributed by atoms with Crippen molar-refractivity contribution in [1.82, 2.24) is 9.78 Å². The maximum atomic E-state index is 12.2. The first-order valence-electron chi connectivity index (χ1n) is 8.28. The van der Waals surface area contributed by atoms with Crippen molar-refractivity contribution in [1.29, 1.82) is 0 Å². The van der Waals surface area contributed by atoms with E-state index in [-0.39, 0.29) is 18.0 Å². The standard InChI is InChI=1S/C18H21N3O3/c1-2-24-15-9-7-14(8-10-15)19-17(22)12-21-18(23)11-13-5-3-4-6-16(13)20-21/h7-11H,2-6,12H2,1H3,(H,19,22). The quantitative estimate of drug-likeness (QED) is 0.913. The molecule has 24 heavy (non-hydrogen) atoms. The van der Waals surface area contributed by atoms with Gasteiger partial charge in [-0.15, -0.1) is 0 Å². The van der Waals surface area contributed by atoms with Crippen molar-refractivity contribution in [2.24, 2.45) is 0 Å². The number of anilines is 1. The first kappa shape index (κ1) is 16.2. The second-order valence-corrected chi connectivity index (χ2v) is 5.82. The zero-order valence-corrected chi connectivity index (χ0v) is 13.7. The molecule has 1 N–H and O–H groups in total. The van der Waals surface area contributed by atoms with E-state index in [1.807, 2.05) is 6.92 Å². The summed E-state index contributed by atoms with van der Waals surface area (Å²) in [4.78, 5) is 24.3. The van der Waals surface area contributed by atoms with Crippen LogP contribution in [0, 0.1) is 0 Å². The minimum absolute atomic E-state index is 0.0840. The Morgan fingerprint density at radius 3 is 2.75 bits per heavy atom. The molecule has 0 bridgehead atoms. The Balaban J connectivity index is 1.67. The minimum Gasteiger partial charge on any atom is -0.494 e. The lowest BCUT2D eigenvalue weighted by Gasteiger charge is -2.15. The van der Waals surface area contributed by atoms with Crippen molar-refractivity contribution in [3.05, 3.63) is 51.9 Å². The Morgan fingerprint density at radius 2 is 2.00 bits per heavy atom. The van der Waals surface area contributed by atoms with Gasteiger partial charge in [0.05, 0.1) is 12.3 Å². The monoisotopic (exact) mass is 327 g/mol.